The predicted octanol–water partition coefficient (Wildman–Crippen LogP) is 4.98. The third-order valence-corrected chi connectivity index (χ3v) is 4.71. The topological polar surface area (TPSA) is 25.8 Å². The highest BCUT2D eigenvalue weighted by Gasteiger charge is 2.18. The highest BCUT2D eigenvalue weighted by molar-refractivity contribution is 7.15. The van der Waals surface area contributed by atoms with Crippen LogP contribution in [0.25, 0.3) is 10.6 Å². The van der Waals surface area contributed by atoms with Gasteiger partial charge in [-0.15, -0.1) is 21.8 Å². The van der Waals surface area contributed by atoms with Gasteiger partial charge in [-0.1, -0.05) is 53.3 Å². The van der Waals surface area contributed by atoms with E-state index in [-0.39, 0.29) is 11.2 Å². The zero-order valence-electron chi connectivity index (χ0n) is 11.3. The third kappa shape index (κ3) is 2.96. The second-order valence-corrected chi connectivity index (χ2v) is 6.15. The van der Waals surface area contributed by atoms with Gasteiger partial charge in [0.1, 0.15) is 16.2 Å². The van der Waals surface area contributed by atoms with Crippen LogP contribution in [0, 0.1) is 12.7 Å². The Labute approximate surface area is 131 Å². The summed E-state index contributed by atoms with van der Waals surface area (Å²) in [6.07, 6.45) is 0. The molecule has 1 atom stereocenters. The van der Waals surface area contributed by atoms with E-state index in [0.29, 0.717) is 15.6 Å². The molecule has 0 fully saturated rings. The van der Waals surface area contributed by atoms with E-state index in [9.17, 15) is 4.39 Å². The molecule has 2 aromatic carbocycles. The van der Waals surface area contributed by atoms with Crippen LogP contribution in [0.1, 0.15) is 21.5 Å². The van der Waals surface area contributed by atoms with Gasteiger partial charge in [-0.3, -0.25) is 0 Å². The molecule has 0 saturated carbocycles. The Balaban J connectivity index is 1.95. The average molecular weight is 319 g/mol. The van der Waals surface area contributed by atoms with Crippen LogP contribution < -0.4 is 0 Å². The van der Waals surface area contributed by atoms with Gasteiger partial charge in [0.2, 0.25) is 0 Å². The maximum Gasteiger partial charge on any atom is 0.150 e. The van der Waals surface area contributed by atoms with Crippen LogP contribution in [0.15, 0.2) is 48.5 Å². The molecule has 0 bridgehead atoms. The van der Waals surface area contributed by atoms with Crippen molar-refractivity contribution in [3.63, 3.8) is 0 Å². The number of alkyl halides is 1. The van der Waals surface area contributed by atoms with Crippen LogP contribution in [0.4, 0.5) is 4.39 Å². The minimum absolute atomic E-state index is 0.297. The van der Waals surface area contributed by atoms with Gasteiger partial charge < -0.3 is 0 Å². The average Bonchev–Trinajstić information content (AvgIpc) is 2.99. The molecule has 3 aromatic rings. The number of aromatic nitrogens is 2. The van der Waals surface area contributed by atoms with Crippen molar-refractivity contribution in [3.8, 4) is 10.6 Å². The van der Waals surface area contributed by atoms with Crippen LogP contribution >= 0.6 is 22.9 Å². The van der Waals surface area contributed by atoms with Crippen molar-refractivity contribution in [3.05, 3.63) is 70.5 Å². The minimum Gasteiger partial charge on any atom is -0.206 e. The summed E-state index contributed by atoms with van der Waals surface area (Å²) < 4.78 is 13.9. The van der Waals surface area contributed by atoms with Gasteiger partial charge in [0, 0.05) is 5.56 Å². The Bertz CT molecular complexity index is 758. The van der Waals surface area contributed by atoms with Crippen LogP contribution in [0.3, 0.4) is 0 Å². The van der Waals surface area contributed by atoms with E-state index in [1.807, 2.05) is 37.3 Å². The Morgan fingerprint density at radius 1 is 1.10 bits per heavy atom. The van der Waals surface area contributed by atoms with Crippen LogP contribution in [-0.2, 0) is 0 Å². The molecule has 0 amide bonds. The van der Waals surface area contributed by atoms with Crippen LogP contribution in [0.2, 0.25) is 0 Å². The molecule has 0 aliphatic rings. The molecule has 0 N–H and O–H groups in total. The van der Waals surface area contributed by atoms with E-state index in [0.717, 1.165) is 11.1 Å². The van der Waals surface area contributed by atoms with Gasteiger partial charge >= 0.3 is 0 Å². The van der Waals surface area contributed by atoms with Gasteiger partial charge in [-0.05, 0) is 24.6 Å². The molecular weight excluding hydrogens is 307 g/mol. The van der Waals surface area contributed by atoms with Crippen molar-refractivity contribution < 1.29 is 4.39 Å². The molecule has 1 heterocycles. The fourth-order valence-corrected chi connectivity index (χ4v) is 3.20. The Morgan fingerprint density at radius 3 is 2.62 bits per heavy atom. The minimum atomic E-state index is -0.370. The largest absolute Gasteiger partial charge is 0.206 e. The molecule has 2 nitrogen and oxygen atoms in total. The van der Waals surface area contributed by atoms with E-state index in [4.69, 9.17) is 11.6 Å². The summed E-state index contributed by atoms with van der Waals surface area (Å²) in [7, 11) is 0. The van der Waals surface area contributed by atoms with E-state index < -0.39 is 0 Å². The first-order chi connectivity index (χ1) is 10.1. The molecule has 1 aromatic heterocycles. The zero-order chi connectivity index (χ0) is 14.8. The lowest BCUT2D eigenvalue weighted by molar-refractivity contribution is 0.630. The van der Waals surface area contributed by atoms with E-state index in [1.165, 1.54) is 17.4 Å². The molecule has 0 radical (unpaired) electrons. The number of benzene rings is 2. The van der Waals surface area contributed by atoms with Crippen molar-refractivity contribution in [1.82, 2.24) is 10.2 Å². The lowest BCUT2D eigenvalue weighted by atomic mass is 10.1. The smallest absolute Gasteiger partial charge is 0.150 e. The second kappa shape index (κ2) is 5.92. The number of aryl methyl sites for hydroxylation is 1. The van der Waals surface area contributed by atoms with Gasteiger partial charge in [-0.2, -0.15) is 0 Å². The molecule has 1 unspecified atom stereocenters. The number of halogens is 2. The first-order valence-electron chi connectivity index (χ1n) is 6.44. The summed E-state index contributed by atoms with van der Waals surface area (Å²) in [5, 5.41) is 9.03. The number of rotatable bonds is 3. The molecule has 106 valence electrons. The fourth-order valence-electron chi connectivity index (χ4n) is 2.01. The molecule has 5 heteroatoms. The Hall–Kier alpha value is -1.78. The maximum atomic E-state index is 13.9. The Kier molecular flexibility index (Phi) is 3.99. The number of hydrogen-bond donors (Lipinski definition) is 0. The maximum absolute atomic E-state index is 13.9. The number of nitrogens with zero attached hydrogens (tertiary/aromatic N) is 2. The summed E-state index contributed by atoms with van der Waals surface area (Å²) in [4.78, 5) is 0. The van der Waals surface area contributed by atoms with Gasteiger partial charge in [0.15, 0.2) is 5.01 Å². The summed E-state index contributed by atoms with van der Waals surface area (Å²) >= 11 is 7.74. The van der Waals surface area contributed by atoms with Crippen molar-refractivity contribution in [1.29, 1.82) is 0 Å². The first kappa shape index (κ1) is 14.2. The highest BCUT2D eigenvalue weighted by Crippen LogP contribution is 2.34. The van der Waals surface area contributed by atoms with Crippen molar-refractivity contribution in [2.75, 3.05) is 0 Å². The van der Waals surface area contributed by atoms with Gasteiger partial charge in [-0.25, -0.2) is 4.39 Å². The standard InChI is InChI=1S/C16H12ClFN2S/c1-10-7-8-13(18)12(9-10)15-19-20-16(21-15)14(17)11-5-3-2-4-6-11/h2-9,14H,1H3. The lowest BCUT2D eigenvalue weighted by Gasteiger charge is -2.04. The lowest BCUT2D eigenvalue weighted by Crippen LogP contribution is -1.91. The Morgan fingerprint density at radius 2 is 1.86 bits per heavy atom. The van der Waals surface area contributed by atoms with Crippen LogP contribution in [-0.4, -0.2) is 10.2 Å². The second-order valence-electron chi connectivity index (χ2n) is 4.70. The summed E-state index contributed by atoms with van der Waals surface area (Å²) in [5.41, 5.74) is 2.40. The molecule has 0 aliphatic carbocycles. The van der Waals surface area contributed by atoms with Gasteiger partial charge in [0.05, 0.1) is 0 Å². The SMILES string of the molecule is Cc1ccc(F)c(-c2nnc(C(Cl)c3ccccc3)s2)c1. The summed E-state index contributed by atoms with van der Waals surface area (Å²) in [6, 6.07) is 14.6. The zero-order valence-corrected chi connectivity index (χ0v) is 12.8. The normalized spacial score (nSPS) is 12.3. The van der Waals surface area contributed by atoms with E-state index in [2.05, 4.69) is 10.2 Å². The number of hydrogen-bond acceptors (Lipinski definition) is 3. The monoisotopic (exact) mass is 318 g/mol. The van der Waals surface area contributed by atoms with Crippen LogP contribution in [0.5, 0.6) is 0 Å². The van der Waals surface area contributed by atoms with Crippen molar-refractivity contribution in [2.45, 2.75) is 12.3 Å². The predicted molar refractivity (Wildman–Crippen MR) is 84.2 cm³/mol. The fraction of sp³-hybridized carbons (Fsp3) is 0.125. The van der Waals surface area contributed by atoms with E-state index >= 15 is 0 Å². The molecule has 0 saturated heterocycles. The summed E-state index contributed by atoms with van der Waals surface area (Å²) in [6.45, 7) is 1.92. The molecule has 0 spiro atoms. The molecule has 0 aliphatic heterocycles. The third-order valence-electron chi connectivity index (χ3n) is 3.10. The van der Waals surface area contributed by atoms with Crippen molar-refractivity contribution in [2.24, 2.45) is 0 Å². The highest BCUT2D eigenvalue weighted by atomic mass is 35.5. The van der Waals surface area contributed by atoms with Gasteiger partial charge in [0.25, 0.3) is 0 Å². The van der Waals surface area contributed by atoms with E-state index in [1.54, 1.807) is 12.1 Å². The molecular formula is C16H12ClFN2S. The first-order valence-corrected chi connectivity index (χ1v) is 7.69. The molecule has 3 rings (SSSR count). The quantitative estimate of drug-likeness (QED) is 0.636. The molecule has 21 heavy (non-hydrogen) atoms. The summed E-state index contributed by atoms with van der Waals surface area (Å²) in [5.74, 6) is -0.297. The van der Waals surface area contributed by atoms with Crippen molar-refractivity contribution >= 4 is 22.9 Å².